The number of carbonyl (C=O) groups excluding carboxylic acids is 1. The van der Waals surface area contributed by atoms with Gasteiger partial charge >= 0.3 is 0 Å². The van der Waals surface area contributed by atoms with Crippen molar-refractivity contribution in [3.63, 3.8) is 0 Å². The number of piperidine rings is 1. The summed E-state index contributed by atoms with van der Waals surface area (Å²) in [5.41, 5.74) is 2.38. The third-order valence-electron chi connectivity index (χ3n) is 4.25. The topological polar surface area (TPSA) is 49.8 Å². The lowest BCUT2D eigenvalue weighted by Crippen LogP contribution is -2.46. The molecule has 2 rings (SSSR count). The van der Waals surface area contributed by atoms with Crippen molar-refractivity contribution in [1.82, 2.24) is 4.90 Å². The van der Waals surface area contributed by atoms with Gasteiger partial charge in [-0.25, -0.2) is 0 Å². The Kier molecular flexibility index (Phi) is 5.62. The minimum absolute atomic E-state index is 0.0198. The molecule has 0 aromatic heterocycles. The summed E-state index contributed by atoms with van der Waals surface area (Å²) < 4.78 is 5.63. The molecule has 1 atom stereocenters. The van der Waals surface area contributed by atoms with Crippen LogP contribution in [0.1, 0.15) is 36.8 Å². The number of hydrogen-bond acceptors (Lipinski definition) is 3. The van der Waals surface area contributed by atoms with Crippen LogP contribution in [0.4, 0.5) is 0 Å². The molecule has 1 amide bonds. The van der Waals surface area contributed by atoms with Gasteiger partial charge in [-0.1, -0.05) is 6.07 Å². The lowest BCUT2D eigenvalue weighted by molar-refractivity contribution is -0.137. The van der Waals surface area contributed by atoms with Crippen LogP contribution in [0.25, 0.3) is 0 Å². The molecule has 1 N–H and O–H groups in total. The Bertz CT molecular complexity index is 485. The fourth-order valence-corrected chi connectivity index (χ4v) is 2.81. The first-order valence-electron chi connectivity index (χ1n) is 7.72. The number of aliphatic hydroxyl groups is 1. The number of amides is 1. The second-order valence-corrected chi connectivity index (χ2v) is 5.78. The Balaban J connectivity index is 1.92. The quantitative estimate of drug-likeness (QED) is 0.906. The van der Waals surface area contributed by atoms with Gasteiger partial charge in [0.1, 0.15) is 5.75 Å². The van der Waals surface area contributed by atoms with Gasteiger partial charge in [0.05, 0.1) is 0 Å². The number of aryl methyl sites for hydroxylation is 2. The minimum atomic E-state index is 0.0198. The highest BCUT2D eigenvalue weighted by atomic mass is 16.5. The molecule has 0 bridgehead atoms. The van der Waals surface area contributed by atoms with Crippen LogP contribution in [0.5, 0.6) is 5.75 Å². The summed E-state index contributed by atoms with van der Waals surface area (Å²) in [5.74, 6) is 0.758. The summed E-state index contributed by atoms with van der Waals surface area (Å²) >= 11 is 0. The standard InChI is InChI=1S/C17H25NO3/c1-13-6-7-16(11-14(13)2)21-12-17(20)18-9-4-3-5-15(18)8-10-19/h6-7,11,15,19H,3-5,8-10,12H2,1-2H3. The molecule has 1 fully saturated rings. The van der Waals surface area contributed by atoms with Gasteiger partial charge in [-0.2, -0.15) is 0 Å². The van der Waals surface area contributed by atoms with E-state index < -0.39 is 0 Å². The van der Waals surface area contributed by atoms with Gasteiger partial charge in [0, 0.05) is 19.2 Å². The summed E-state index contributed by atoms with van der Waals surface area (Å²) in [6.45, 7) is 5.07. The maximum absolute atomic E-state index is 12.3. The van der Waals surface area contributed by atoms with E-state index in [-0.39, 0.29) is 25.2 Å². The van der Waals surface area contributed by atoms with Crippen LogP contribution in [-0.4, -0.2) is 41.7 Å². The molecule has 1 heterocycles. The predicted octanol–water partition coefficient (Wildman–Crippen LogP) is 2.45. The average molecular weight is 291 g/mol. The van der Waals surface area contributed by atoms with Crippen molar-refractivity contribution in [3.05, 3.63) is 29.3 Å². The number of benzene rings is 1. The molecular formula is C17H25NO3. The van der Waals surface area contributed by atoms with Gasteiger partial charge in [0.2, 0.25) is 0 Å². The molecule has 1 aliphatic heterocycles. The van der Waals surface area contributed by atoms with Crippen LogP contribution < -0.4 is 4.74 Å². The number of likely N-dealkylation sites (tertiary alicyclic amines) is 1. The highest BCUT2D eigenvalue weighted by Gasteiger charge is 2.26. The number of hydrogen-bond donors (Lipinski definition) is 1. The van der Waals surface area contributed by atoms with Gasteiger partial charge < -0.3 is 14.7 Å². The molecule has 1 aromatic rings. The first-order valence-corrected chi connectivity index (χ1v) is 7.72. The Hall–Kier alpha value is -1.55. The van der Waals surface area contributed by atoms with Crippen molar-refractivity contribution >= 4 is 5.91 Å². The molecular weight excluding hydrogens is 266 g/mol. The molecule has 0 aliphatic carbocycles. The number of rotatable bonds is 5. The lowest BCUT2D eigenvalue weighted by Gasteiger charge is -2.35. The van der Waals surface area contributed by atoms with Gasteiger partial charge in [-0.3, -0.25) is 4.79 Å². The van der Waals surface area contributed by atoms with Crippen molar-refractivity contribution in [3.8, 4) is 5.75 Å². The van der Waals surface area contributed by atoms with Crippen molar-refractivity contribution in [2.45, 2.75) is 45.6 Å². The van der Waals surface area contributed by atoms with E-state index in [0.29, 0.717) is 6.42 Å². The molecule has 0 spiro atoms. The van der Waals surface area contributed by atoms with Crippen LogP contribution >= 0.6 is 0 Å². The zero-order chi connectivity index (χ0) is 15.2. The highest BCUT2D eigenvalue weighted by molar-refractivity contribution is 5.78. The van der Waals surface area contributed by atoms with Gasteiger partial charge in [-0.15, -0.1) is 0 Å². The first-order chi connectivity index (χ1) is 10.1. The summed E-state index contributed by atoms with van der Waals surface area (Å²) in [4.78, 5) is 14.2. The molecule has 21 heavy (non-hydrogen) atoms. The largest absolute Gasteiger partial charge is 0.484 e. The fourth-order valence-electron chi connectivity index (χ4n) is 2.81. The van der Waals surface area contributed by atoms with E-state index in [1.807, 2.05) is 30.0 Å². The number of carbonyl (C=O) groups is 1. The van der Waals surface area contributed by atoms with Crippen LogP contribution in [0.3, 0.4) is 0 Å². The molecule has 1 aliphatic rings. The third-order valence-corrected chi connectivity index (χ3v) is 4.25. The molecule has 4 heteroatoms. The van der Waals surface area contributed by atoms with Crippen molar-refractivity contribution in [2.75, 3.05) is 19.8 Å². The Morgan fingerprint density at radius 3 is 2.86 bits per heavy atom. The van der Waals surface area contributed by atoms with Crippen LogP contribution in [0.15, 0.2) is 18.2 Å². The SMILES string of the molecule is Cc1ccc(OCC(=O)N2CCCCC2CCO)cc1C. The van der Waals surface area contributed by atoms with Crippen LogP contribution in [0.2, 0.25) is 0 Å². The van der Waals surface area contributed by atoms with Crippen LogP contribution in [0, 0.1) is 13.8 Å². The van der Waals surface area contributed by atoms with Gasteiger partial charge in [0.15, 0.2) is 6.61 Å². The zero-order valence-corrected chi connectivity index (χ0v) is 13.0. The minimum Gasteiger partial charge on any atom is -0.484 e. The third kappa shape index (κ3) is 4.21. The Morgan fingerprint density at radius 2 is 2.14 bits per heavy atom. The van der Waals surface area contributed by atoms with E-state index >= 15 is 0 Å². The van der Waals surface area contributed by atoms with E-state index in [2.05, 4.69) is 6.92 Å². The number of ether oxygens (including phenoxy) is 1. The normalized spacial score (nSPS) is 18.6. The molecule has 4 nitrogen and oxygen atoms in total. The van der Waals surface area contributed by atoms with E-state index in [9.17, 15) is 4.79 Å². The van der Waals surface area contributed by atoms with E-state index in [0.717, 1.165) is 37.1 Å². The molecule has 116 valence electrons. The molecule has 0 saturated carbocycles. The summed E-state index contributed by atoms with van der Waals surface area (Å²) in [7, 11) is 0. The first kappa shape index (κ1) is 15.8. The van der Waals surface area contributed by atoms with Crippen LogP contribution in [-0.2, 0) is 4.79 Å². The average Bonchev–Trinajstić information content (AvgIpc) is 2.49. The van der Waals surface area contributed by atoms with Gasteiger partial charge in [0.25, 0.3) is 5.91 Å². The summed E-state index contributed by atoms with van der Waals surface area (Å²) in [5, 5.41) is 9.11. The fraction of sp³-hybridized carbons (Fsp3) is 0.588. The van der Waals surface area contributed by atoms with Crippen molar-refractivity contribution < 1.29 is 14.6 Å². The van der Waals surface area contributed by atoms with E-state index in [1.54, 1.807) is 0 Å². The van der Waals surface area contributed by atoms with Crippen molar-refractivity contribution in [1.29, 1.82) is 0 Å². The van der Waals surface area contributed by atoms with Gasteiger partial charge in [-0.05, 0) is 62.8 Å². The number of nitrogens with zero attached hydrogens (tertiary/aromatic N) is 1. The molecule has 1 unspecified atom stereocenters. The van der Waals surface area contributed by atoms with E-state index in [4.69, 9.17) is 9.84 Å². The lowest BCUT2D eigenvalue weighted by atomic mass is 9.99. The maximum atomic E-state index is 12.3. The molecule has 1 saturated heterocycles. The maximum Gasteiger partial charge on any atom is 0.260 e. The second-order valence-electron chi connectivity index (χ2n) is 5.78. The molecule has 1 aromatic carbocycles. The monoisotopic (exact) mass is 291 g/mol. The smallest absolute Gasteiger partial charge is 0.260 e. The highest BCUT2D eigenvalue weighted by Crippen LogP contribution is 2.20. The summed E-state index contributed by atoms with van der Waals surface area (Å²) in [6.07, 6.45) is 3.81. The predicted molar refractivity (Wildman–Crippen MR) is 82.5 cm³/mol. The Morgan fingerprint density at radius 1 is 1.33 bits per heavy atom. The molecule has 0 radical (unpaired) electrons. The van der Waals surface area contributed by atoms with Crippen molar-refractivity contribution in [2.24, 2.45) is 0 Å². The Labute approximate surface area is 126 Å². The zero-order valence-electron chi connectivity index (χ0n) is 13.0. The number of aliphatic hydroxyl groups excluding tert-OH is 1. The van der Waals surface area contributed by atoms with E-state index in [1.165, 1.54) is 5.56 Å². The summed E-state index contributed by atoms with van der Waals surface area (Å²) in [6, 6.07) is 6.03. The second kappa shape index (κ2) is 7.46.